The SMILES string of the molecule is CC(C)(C)C1=CN(c2cc(-c3ccccc3)cc([N+](c3ccccc3)(c3ccccc3)c3ccc4c5ccccc5n(-c5cc(C(C)(C)C)ccn5)c4c3)c2)CN1c1cc(-c2ccccc2)cc(-c2ccccc2)c1. The second kappa shape index (κ2) is 18.9. The molecule has 1 aliphatic rings. The lowest BCUT2D eigenvalue weighted by Gasteiger charge is -2.38. The summed E-state index contributed by atoms with van der Waals surface area (Å²) in [5, 5.41) is 2.37. The Morgan fingerprint density at radius 3 is 1.45 bits per heavy atom. The van der Waals surface area contributed by atoms with Crippen molar-refractivity contribution in [3.05, 3.63) is 266 Å². The molecule has 75 heavy (non-hydrogen) atoms. The minimum absolute atomic E-state index is 0.0533. The summed E-state index contributed by atoms with van der Waals surface area (Å²) in [6.07, 6.45) is 4.36. The summed E-state index contributed by atoms with van der Waals surface area (Å²) in [6, 6.07) is 89.1. The van der Waals surface area contributed by atoms with Crippen molar-refractivity contribution in [3.63, 3.8) is 0 Å². The monoisotopic (exact) mass is 972 g/mol. The smallest absolute Gasteiger partial charge is 0.150 e. The third-order valence-corrected chi connectivity index (χ3v) is 15.0. The molecule has 0 atom stereocenters. The number of quaternary nitrogens is 1. The van der Waals surface area contributed by atoms with Gasteiger partial charge in [0, 0.05) is 94.2 Å². The molecule has 5 nitrogen and oxygen atoms in total. The van der Waals surface area contributed by atoms with Crippen molar-refractivity contribution in [3.8, 4) is 39.2 Å². The molecule has 1 aliphatic heterocycles. The van der Waals surface area contributed by atoms with Crippen molar-refractivity contribution in [1.82, 2.24) is 14.0 Å². The van der Waals surface area contributed by atoms with Crippen LogP contribution in [0.5, 0.6) is 0 Å². The maximum absolute atomic E-state index is 5.10. The molecule has 2 aromatic heterocycles. The predicted octanol–water partition coefficient (Wildman–Crippen LogP) is 19.0. The molecule has 0 bridgehead atoms. The fourth-order valence-corrected chi connectivity index (χ4v) is 11.2. The van der Waals surface area contributed by atoms with Gasteiger partial charge in [0.1, 0.15) is 22.9 Å². The molecule has 12 rings (SSSR count). The highest BCUT2D eigenvalue weighted by Gasteiger charge is 2.41. The molecule has 0 N–H and O–H groups in total. The summed E-state index contributed by atoms with van der Waals surface area (Å²) >= 11 is 0. The summed E-state index contributed by atoms with van der Waals surface area (Å²) in [4.78, 5) is 10.1. The Morgan fingerprint density at radius 1 is 0.387 bits per heavy atom. The number of aromatic nitrogens is 2. The van der Waals surface area contributed by atoms with E-state index in [1.165, 1.54) is 44.3 Å². The molecule has 11 aromatic rings. The van der Waals surface area contributed by atoms with Gasteiger partial charge in [-0.25, -0.2) is 4.98 Å². The number of allylic oxidation sites excluding steroid dienone is 1. The molecule has 0 aliphatic carbocycles. The Labute approximate surface area is 442 Å². The van der Waals surface area contributed by atoms with Gasteiger partial charge in [-0.1, -0.05) is 187 Å². The second-order valence-electron chi connectivity index (χ2n) is 22.0. The summed E-state index contributed by atoms with van der Waals surface area (Å²) in [5.41, 5.74) is 18.2. The van der Waals surface area contributed by atoms with E-state index in [4.69, 9.17) is 4.98 Å². The van der Waals surface area contributed by atoms with E-state index in [0.29, 0.717) is 11.2 Å². The van der Waals surface area contributed by atoms with Crippen LogP contribution in [0.15, 0.2) is 261 Å². The molecule has 0 spiro atoms. The van der Waals surface area contributed by atoms with Crippen molar-refractivity contribution in [2.75, 3.05) is 16.5 Å². The normalized spacial score (nSPS) is 13.2. The average molecular weight is 973 g/mol. The number of anilines is 2. The first kappa shape index (κ1) is 47.2. The standard InChI is InChI=1S/C70H62N5/c1-69(2,3)56-38-39-71-68(45-56)74-65-35-23-22-34-63(65)64-37-36-61(47-66(64)74)75(59-30-18-10-19-31-59,60-32-20-11-21-33-60)62-44-55(52-28-16-9-17-29-52)41-57(46-62)72-48-67(70(4,5)6)73(49-72)58-42-53(50-24-12-7-13-25-50)40-54(43-58)51-26-14-8-15-27-51/h7-48H,49H2,1-6H3/q+1. The van der Waals surface area contributed by atoms with Gasteiger partial charge in [0.25, 0.3) is 0 Å². The molecule has 0 unspecified atom stereocenters. The van der Waals surface area contributed by atoms with Crippen molar-refractivity contribution in [2.45, 2.75) is 47.0 Å². The third-order valence-electron chi connectivity index (χ3n) is 15.0. The Kier molecular flexibility index (Phi) is 11.9. The van der Waals surface area contributed by atoms with Gasteiger partial charge in [0.15, 0.2) is 5.69 Å². The van der Waals surface area contributed by atoms with E-state index in [9.17, 15) is 0 Å². The van der Waals surface area contributed by atoms with Crippen LogP contribution in [0.4, 0.5) is 34.1 Å². The number of para-hydroxylation sites is 3. The van der Waals surface area contributed by atoms with Gasteiger partial charge in [-0.3, -0.25) is 4.57 Å². The zero-order valence-electron chi connectivity index (χ0n) is 43.7. The molecule has 3 heterocycles. The molecule has 366 valence electrons. The highest BCUT2D eigenvalue weighted by molar-refractivity contribution is 6.10. The second-order valence-corrected chi connectivity index (χ2v) is 22.0. The molecule has 5 heteroatoms. The van der Waals surface area contributed by atoms with Crippen LogP contribution >= 0.6 is 0 Å². The molecule has 9 aromatic carbocycles. The van der Waals surface area contributed by atoms with Crippen LogP contribution in [0.3, 0.4) is 0 Å². The van der Waals surface area contributed by atoms with E-state index in [-0.39, 0.29) is 10.8 Å². The fourth-order valence-electron chi connectivity index (χ4n) is 11.2. The van der Waals surface area contributed by atoms with Crippen molar-refractivity contribution < 1.29 is 0 Å². The van der Waals surface area contributed by atoms with Crippen LogP contribution < -0.4 is 14.3 Å². The maximum atomic E-state index is 5.10. The molecule has 0 fully saturated rings. The average Bonchev–Trinajstić information content (AvgIpc) is 4.07. The maximum Gasteiger partial charge on any atom is 0.150 e. The first-order valence-corrected chi connectivity index (χ1v) is 26.2. The highest BCUT2D eigenvalue weighted by Crippen LogP contribution is 2.54. The number of benzene rings is 9. The van der Waals surface area contributed by atoms with E-state index in [1.54, 1.807) is 0 Å². The summed E-state index contributed by atoms with van der Waals surface area (Å²) in [6.45, 7) is 14.4. The van der Waals surface area contributed by atoms with Gasteiger partial charge >= 0.3 is 0 Å². The lowest BCUT2D eigenvalue weighted by atomic mass is 9.88. The van der Waals surface area contributed by atoms with Crippen molar-refractivity contribution in [2.24, 2.45) is 5.41 Å². The van der Waals surface area contributed by atoms with Crippen LogP contribution in [0.25, 0.3) is 61.0 Å². The van der Waals surface area contributed by atoms with E-state index < -0.39 is 0 Å². The lowest BCUT2D eigenvalue weighted by Crippen LogP contribution is -2.34. The van der Waals surface area contributed by atoms with Crippen LogP contribution in [-0.4, -0.2) is 16.2 Å². The third kappa shape index (κ3) is 8.69. The molecule has 0 saturated heterocycles. The lowest BCUT2D eigenvalue weighted by molar-refractivity contribution is 0.492. The number of pyridine rings is 1. The number of hydrogen-bond acceptors (Lipinski definition) is 3. The van der Waals surface area contributed by atoms with Crippen molar-refractivity contribution >= 4 is 55.9 Å². The molecular formula is C70H62N5+. The van der Waals surface area contributed by atoms with Crippen LogP contribution in [0.2, 0.25) is 0 Å². The number of fused-ring (bicyclic) bond motifs is 3. The van der Waals surface area contributed by atoms with E-state index in [1.807, 2.05) is 6.20 Å². The molecule has 0 amide bonds. The van der Waals surface area contributed by atoms with Gasteiger partial charge in [0.2, 0.25) is 0 Å². The van der Waals surface area contributed by atoms with Crippen LogP contribution in [0.1, 0.15) is 47.1 Å². The zero-order valence-corrected chi connectivity index (χ0v) is 43.7. The fraction of sp³-hybridized carbons (Fsp3) is 0.129. The molecule has 0 saturated carbocycles. The van der Waals surface area contributed by atoms with Crippen molar-refractivity contribution in [1.29, 1.82) is 0 Å². The Hall–Kier alpha value is -8.77. The largest absolute Gasteiger partial charge is 0.327 e. The predicted molar refractivity (Wildman–Crippen MR) is 317 cm³/mol. The van der Waals surface area contributed by atoms with E-state index in [2.05, 4.69) is 305 Å². The van der Waals surface area contributed by atoms with Gasteiger partial charge in [-0.15, -0.1) is 0 Å². The number of rotatable bonds is 10. The molecule has 0 radical (unpaired) electrons. The van der Waals surface area contributed by atoms with E-state index in [0.717, 1.165) is 62.1 Å². The molecular weight excluding hydrogens is 911 g/mol. The minimum atomic E-state index is -0.187. The Balaban J connectivity index is 1.10. The quantitative estimate of drug-likeness (QED) is 0.128. The first-order valence-electron chi connectivity index (χ1n) is 26.2. The first-order chi connectivity index (χ1) is 36.4. The van der Waals surface area contributed by atoms with Gasteiger partial charge in [-0.2, -0.15) is 4.48 Å². The number of nitrogens with zero attached hydrogens (tertiary/aromatic N) is 5. The Bertz CT molecular complexity index is 3770. The summed E-state index contributed by atoms with van der Waals surface area (Å²) < 4.78 is 2.68. The van der Waals surface area contributed by atoms with Crippen LogP contribution in [-0.2, 0) is 5.41 Å². The number of hydrogen-bond donors (Lipinski definition) is 0. The Morgan fingerprint density at radius 2 is 0.893 bits per heavy atom. The zero-order chi connectivity index (χ0) is 51.3. The van der Waals surface area contributed by atoms with Gasteiger partial charge < -0.3 is 9.80 Å². The minimum Gasteiger partial charge on any atom is -0.327 e. The highest BCUT2D eigenvalue weighted by atomic mass is 15.4. The van der Waals surface area contributed by atoms with E-state index >= 15 is 0 Å². The van der Waals surface area contributed by atoms with Crippen LogP contribution in [0, 0.1) is 5.41 Å². The van der Waals surface area contributed by atoms with Gasteiger partial charge in [0.05, 0.1) is 17.7 Å². The topological polar surface area (TPSA) is 24.3 Å². The summed E-state index contributed by atoms with van der Waals surface area (Å²) in [5.74, 6) is 0.905. The summed E-state index contributed by atoms with van der Waals surface area (Å²) in [7, 11) is 0. The van der Waals surface area contributed by atoms with Gasteiger partial charge in [-0.05, 0) is 92.9 Å².